The molecule has 0 atom stereocenters. The molecular weight excluding hydrogens is 276 g/mol. The maximum atomic E-state index is 11.8. The van der Waals surface area contributed by atoms with Gasteiger partial charge < -0.3 is 4.74 Å². The summed E-state index contributed by atoms with van der Waals surface area (Å²) in [5.74, 6) is 0.839. The molecule has 4 nitrogen and oxygen atoms in total. The second-order valence-corrected chi connectivity index (χ2v) is 4.64. The molecule has 0 saturated carbocycles. The molecule has 0 bridgehead atoms. The van der Waals surface area contributed by atoms with E-state index >= 15 is 0 Å². The normalized spacial score (nSPS) is 10.4. The zero-order valence-electron chi connectivity index (χ0n) is 10.4. The lowest BCUT2D eigenvalue weighted by Gasteiger charge is -2.05. The Kier molecular flexibility index (Phi) is 3.31. The fraction of sp³-hybridized carbons (Fsp3) is 0. The topological polar surface area (TPSA) is 57.9 Å². The van der Waals surface area contributed by atoms with Crippen LogP contribution in [-0.2, 0) is 0 Å². The summed E-state index contributed by atoms with van der Waals surface area (Å²) in [5, 5.41) is 5.99. The molecule has 2 N–H and O–H groups in total. The molecular formula is C15H11ClN2O2. The smallest absolute Gasteiger partial charge is 0.307 e. The Bertz CT molecular complexity index is 761. The van der Waals surface area contributed by atoms with Crippen LogP contribution in [0.5, 0.6) is 11.5 Å². The van der Waals surface area contributed by atoms with Crippen molar-refractivity contribution < 1.29 is 4.74 Å². The van der Waals surface area contributed by atoms with Crippen molar-refractivity contribution in [3.63, 3.8) is 0 Å². The second kappa shape index (κ2) is 5.27. The first-order chi connectivity index (χ1) is 9.74. The van der Waals surface area contributed by atoms with Crippen LogP contribution in [0, 0.1) is 0 Å². The maximum absolute atomic E-state index is 11.8. The van der Waals surface area contributed by atoms with E-state index in [-0.39, 0.29) is 11.3 Å². The van der Waals surface area contributed by atoms with Gasteiger partial charge in [0.25, 0.3) is 0 Å². The molecule has 5 heteroatoms. The Morgan fingerprint density at radius 1 is 0.900 bits per heavy atom. The molecule has 0 unspecified atom stereocenters. The standard InChI is InChI=1S/C15H11ClN2O2/c16-11-8-6-10(7-9-11)13-14(15(19)18-17-13)20-12-4-2-1-3-5-12/h1-9H,(H2,17,18,19). The van der Waals surface area contributed by atoms with E-state index in [1.807, 2.05) is 30.3 Å². The first-order valence-electron chi connectivity index (χ1n) is 6.03. The predicted octanol–water partition coefficient (Wildman–Crippen LogP) is 3.82. The first-order valence-corrected chi connectivity index (χ1v) is 6.41. The monoisotopic (exact) mass is 286 g/mol. The van der Waals surface area contributed by atoms with Crippen molar-refractivity contribution in [1.29, 1.82) is 0 Å². The number of halogens is 1. The molecule has 20 heavy (non-hydrogen) atoms. The highest BCUT2D eigenvalue weighted by Gasteiger charge is 2.14. The number of H-pyrrole nitrogens is 2. The Morgan fingerprint density at radius 3 is 2.30 bits per heavy atom. The Hall–Kier alpha value is -2.46. The minimum Gasteiger partial charge on any atom is -0.449 e. The van der Waals surface area contributed by atoms with Crippen molar-refractivity contribution in [2.45, 2.75) is 0 Å². The quantitative estimate of drug-likeness (QED) is 0.769. The highest BCUT2D eigenvalue weighted by atomic mass is 35.5. The van der Waals surface area contributed by atoms with Crippen LogP contribution in [0.1, 0.15) is 0 Å². The molecule has 3 rings (SSSR count). The zero-order chi connectivity index (χ0) is 13.9. The summed E-state index contributed by atoms with van der Waals surface area (Å²) in [6.07, 6.45) is 0. The fourth-order valence-electron chi connectivity index (χ4n) is 1.87. The molecule has 1 heterocycles. The third-order valence-corrected chi connectivity index (χ3v) is 3.08. The number of aromatic nitrogens is 2. The van der Waals surface area contributed by atoms with Crippen LogP contribution in [0.3, 0.4) is 0 Å². The molecule has 0 spiro atoms. The number of hydrogen-bond donors (Lipinski definition) is 2. The summed E-state index contributed by atoms with van der Waals surface area (Å²) in [6, 6.07) is 16.3. The molecule has 1 aromatic heterocycles. The lowest BCUT2D eigenvalue weighted by Crippen LogP contribution is -2.02. The first kappa shape index (κ1) is 12.6. The van der Waals surface area contributed by atoms with E-state index in [1.54, 1.807) is 24.3 Å². The molecule has 0 aliphatic rings. The van der Waals surface area contributed by atoms with Gasteiger partial charge in [-0.15, -0.1) is 0 Å². The molecule has 0 aliphatic heterocycles. The Morgan fingerprint density at radius 2 is 1.60 bits per heavy atom. The van der Waals surface area contributed by atoms with Crippen LogP contribution >= 0.6 is 11.6 Å². The number of nitrogens with one attached hydrogen (secondary N) is 2. The van der Waals surface area contributed by atoms with Gasteiger partial charge in [0, 0.05) is 10.6 Å². The van der Waals surface area contributed by atoms with Gasteiger partial charge in [0.2, 0.25) is 5.75 Å². The minimum atomic E-state index is -0.307. The van der Waals surface area contributed by atoms with Crippen molar-refractivity contribution in [3.8, 4) is 22.8 Å². The molecule has 0 fully saturated rings. The van der Waals surface area contributed by atoms with Crippen molar-refractivity contribution in [2.24, 2.45) is 0 Å². The van der Waals surface area contributed by atoms with Gasteiger partial charge in [-0.1, -0.05) is 41.9 Å². The van der Waals surface area contributed by atoms with Gasteiger partial charge in [-0.25, -0.2) is 0 Å². The summed E-state index contributed by atoms with van der Waals surface area (Å²) in [5.41, 5.74) is 1.10. The molecule has 100 valence electrons. The van der Waals surface area contributed by atoms with Crippen LogP contribution in [0.15, 0.2) is 59.4 Å². The van der Waals surface area contributed by atoms with E-state index in [1.165, 1.54) is 0 Å². The van der Waals surface area contributed by atoms with Crippen molar-refractivity contribution in [3.05, 3.63) is 70.0 Å². The number of rotatable bonds is 3. The summed E-state index contributed by atoms with van der Waals surface area (Å²) in [7, 11) is 0. The summed E-state index contributed by atoms with van der Waals surface area (Å²) >= 11 is 5.86. The SMILES string of the molecule is O=c1[nH][nH]c(-c2ccc(Cl)cc2)c1Oc1ccccc1. The highest BCUT2D eigenvalue weighted by Crippen LogP contribution is 2.29. The predicted molar refractivity (Wildman–Crippen MR) is 78.4 cm³/mol. The second-order valence-electron chi connectivity index (χ2n) is 4.21. The molecule has 2 aromatic carbocycles. The minimum absolute atomic E-state index is 0.235. The average Bonchev–Trinajstić information content (AvgIpc) is 2.83. The number of ether oxygens (including phenoxy) is 1. The fourth-order valence-corrected chi connectivity index (χ4v) is 2.00. The number of benzene rings is 2. The van der Waals surface area contributed by atoms with Gasteiger partial charge in [-0.3, -0.25) is 15.0 Å². The molecule has 0 amide bonds. The maximum Gasteiger partial charge on any atom is 0.307 e. The Balaban J connectivity index is 2.01. The van der Waals surface area contributed by atoms with E-state index in [4.69, 9.17) is 16.3 Å². The van der Waals surface area contributed by atoms with Crippen LogP contribution in [0.4, 0.5) is 0 Å². The molecule has 3 aromatic rings. The number of para-hydroxylation sites is 1. The third-order valence-electron chi connectivity index (χ3n) is 2.83. The van der Waals surface area contributed by atoms with Crippen molar-refractivity contribution >= 4 is 11.6 Å². The van der Waals surface area contributed by atoms with E-state index in [0.29, 0.717) is 16.5 Å². The highest BCUT2D eigenvalue weighted by molar-refractivity contribution is 6.30. The lowest BCUT2D eigenvalue weighted by molar-refractivity contribution is 0.480. The largest absolute Gasteiger partial charge is 0.449 e. The van der Waals surface area contributed by atoms with Crippen LogP contribution in [0.25, 0.3) is 11.3 Å². The number of aromatic amines is 2. The van der Waals surface area contributed by atoms with Gasteiger partial charge in [0.1, 0.15) is 11.4 Å². The van der Waals surface area contributed by atoms with Crippen molar-refractivity contribution in [2.75, 3.05) is 0 Å². The van der Waals surface area contributed by atoms with Crippen molar-refractivity contribution in [1.82, 2.24) is 10.2 Å². The van der Waals surface area contributed by atoms with Gasteiger partial charge in [-0.2, -0.15) is 0 Å². The van der Waals surface area contributed by atoms with E-state index in [2.05, 4.69) is 10.2 Å². The summed E-state index contributed by atoms with van der Waals surface area (Å²) in [6.45, 7) is 0. The van der Waals surface area contributed by atoms with Crippen LogP contribution in [-0.4, -0.2) is 10.2 Å². The van der Waals surface area contributed by atoms with Crippen LogP contribution in [0.2, 0.25) is 5.02 Å². The summed E-state index contributed by atoms with van der Waals surface area (Å²) < 4.78 is 5.66. The molecule has 0 saturated heterocycles. The van der Waals surface area contributed by atoms with E-state index < -0.39 is 0 Å². The van der Waals surface area contributed by atoms with Gasteiger partial charge in [0.15, 0.2) is 0 Å². The Labute approximate surface area is 120 Å². The molecule has 0 radical (unpaired) electrons. The lowest BCUT2D eigenvalue weighted by atomic mass is 10.1. The zero-order valence-corrected chi connectivity index (χ0v) is 11.1. The summed E-state index contributed by atoms with van der Waals surface area (Å²) in [4.78, 5) is 11.8. The van der Waals surface area contributed by atoms with E-state index in [9.17, 15) is 4.79 Å². The van der Waals surface area contributed by atoms with Gasteiger partial charge in [0.05, 0.1) is 0 Å². The van der Waals surface area contributed by atoms with E-state index in [0.717, 1.165) is 5.56 Å². The van der Waals surface area contributed by atoms with Gasteiger partial charge in [-0.05, 0) is 24.3 Å². The number of hydrogen-bond acceptors (Lipinski definition) is 2. The average molecular weight is 287 g/mol. The third kappa shape index (κ3) is 2.46. The van der Waals surface area contributed by atoms with Gasteiger partial charge >= 0.3 is 5.56 Å². The molecule has 0 aliphatic carbocycles. The van der Waals surface area contributed by atoms with Crippen LogP contribution < -0.4 is 10.3 Å².